The van der Waals surface area contributed by atoms with Crippen LogP contribution in [-0.2, 0) is 9.53 Å². The number of amides is 2. The van der Waals surface area contributed by atoms with Gasteiger partial charge in [0.2, 0.25) is 11.8 Å². The summed E-state index contributed by atoms with van der Waals surface area (Å²) in [5.74, 6) is 0.946. The van der Waals surface area contributed by atoms with E-state index in [0.717, 1.165) is 24.8 Å². The van der Waals surface area contributed by atoms with Gasteiger partial charge in [0.05, 0.1) is 0 Å². The lowest BCUT2D eigenvalue weighted by atomic mass is 9.93. The molecule has 0 radical (unpaired) electrons. The molecule has 0 unspecified atom stereocenters. The monoisotopic (exact) mass is 449 g/mol. The Labute approximate surface area is 194 Å². The van der Waals surface area contributed by atoms with Crippen LogP contribution in [0.5, 0.6) is 0 Å². The molecular weight excluding hydrogens is 418 g/mol. The second-order valence-corrected chi connectivity index (χ2v) is 8.41. The first-order valence-corrected chi connectivity index (χ1v) is 11.7. The Morgan fingerprint density at radius 2 is 1.94 bits per heavy atom. The molecule has 1 fully saturated rings. The minimum absolute atomic E-state index is 0.0000122. The van der Waals surface area contributed by atoms with Gasteiger partial charge in [0.25, 0.3) is 5.91 Å². The van der Waals surface area contributed by atoms with Crippen molar-refractivity contribution in [3.8, 4) is 11.5 Å². The van der Waals surface area contributed by atoms with Gasteiger partial charge in [-0.2, -0.15) is 0 Å². The average molecular weight is 450 g/mol. The molecule has 33 heavy (non-hydrogen) atoms. The number of carbonyl (C=O) groups excluding carboxylic acids is 2. The van der Waals surface area contributed by atoms with E-state index in [1.165, 1.54) is 0 Å². The molecule has 2 aromatic carbocycles. The van der Waals surface area contributed by atoms with Gasteiger partial charge in [0.15, 0.2) is 5.58 Å². The van der Waals surface area contributed by atoms with Crippen molar-refractivity contribution in [2.45, 2.75) is 32.6 Å². The van der Waals surface area contributed by atoms with Crippen molar-refractivity contribution in [3.05, 3.63) is 54.1 Å². The third-order valence-corrected chi connectivity index (χ3v) is 6.02. The number of carbonyl (C=O) groups is 2. The number of nitrogens with zero attached hydrogens (tertiary/aromatic N) is 2. The van der Waals surface area contributed by atoms with Gasteiger partial charge in [0, 0.05) is 50.4 Å². The van der Waals surface area contributed by atoms with Gasteiger partial charge in [-0.15, -0.1) is 0 Å². The van der Waals surface area contributed by atoms with E-state index in [0.29, 0.717) is 67.7 Å². The molecule has 0 atom stereocenters. The molecule has 174 valence electrons. The van der Waals surface area contributed by atoms with Gasteiger partial charge in [0.1, 0.15) is 5.52 Å². The van der Waals surface area contributed by atoms with E-state index in [-0.39, 0.29) is 11.8 Å². The number of nitrogens with one attached hydrogen (secondary N) is 1. The summed E-state index contributed by atoms with van der Waals surface area (Å²) in [6, 6.07) is 15.1. The SMILES string of the molecule is CCOCCCNC(=O)CC1CCN(C(=O)c2ccc3oc(-c4ccccc4)nc3c2)CC1. The van der Waals surface area contributed by atoms with Gasteiger partial charge in [-0.05, 0) is 62.4 Å². The Hall–Kier alpha value is -3.19. The Morgan fingerprint density at radius 1 is 1.15 bits per heavy atom. The zero-order chi connectivity index (χ0) is 23.0. The standard InChI is InChI=1S/C26H31N3O4/c1-2-32-16-6-13-27-24(30)17-19-11-14-29(15-12-19)26(31)21-9-10-23-22(18-21)28-25(33-23)20-7-4-3-5-8-20/h3-5,7-10,18-19H,2,6,11-17H2,1H3,(H,27,30). The molecule has 1 aromatic heterocycles. The summed E-state index contributed by atoms with van der Waals surface area (Å²) in [7, 11) is 0. The van der Waals surface area contributed by atoms with Crippen molar-refractivity contribution in [3.63, 3.8) is 0 Å². The van der Waals surface area contributed by atoms with Crippen LogP contribution in [0.2, 0.25) is 0 Å². The zero-order valence-electron chi connectivity index (χ0n) is 19.1. The zero-order valence-corrected chi connectivity index (χ0v) is 19.1. The molecule has 0 saturated carbocycles. The summed E-state index contributed by atoms with van der Waals surface area (Å²) in [6.45, 7) is 5.30. The van der Waals surface area contributed by atoms with E-state index >= 15 is 0 Å². The molecule has 7 nitrogen and oxygen atoms in total. The third kappa shape index (κ3) is 5.99. The number of benzene rings is 2. The summed E-state index contributed by atoms with van der Waals surface area (Å²) in [5, 5.41) is 2.96. The summed E-state index contributed by atoms with van der Waals surface area (Å²) in [6.07, 6.45) is 3.02. The highest BCUT2D eigenvalue weighted by Crippen LogP contribution is 2.26. The summed E-state index contributed by atoms with van der Waals surface area (Å²) in [4.78, 5) is 31.7. The number of hydrogen-bond donors (Lipinski definition) is 1. The molecule has 7 heteroatoms. The maximum atomic E-state index is 13.1. The van der Waals surface area contributed by atoms with Gasteiger partial charge in [-0.3, -0.25) is 9.59 Å². The quantitative estimate of drug-likeness (QED) is 0.493. The number of ether oxygens (including phenoxy) is 1. The van der Waals surface area contributed by atoms with Crippen molar-refractivity contribution in [2.75, 3.05) is 32.8 Å². The van der Waals surface area contributed by atoms with E-state index in [2.05, 4.69) is 10.3 Å². The fraction of sp³-hybridized carbons (Fsp3) is 0.423. The predicted octanol–water partition coefficient (Wildman–Crippen LogP) is 4.28. The molecule has 0 spiro atoms. The van der Waals surface area contributed by atoms with Crippen LogP contribution >= 0.6 is 0 Å². The van der Waals surface area contributed by atoms with Gasteiger partial charge >= 0.3 is 0 Å². The first kappa shape index (κ1) is 23.0. The minimum Gasteiger partial charge on any atom is -0.436 e. The lowest BCUT2D eigenvalue weighted by Gasteiger charge is -2.31. The fourth-order valence-electron chi connectivity index (χ4n) is 4.17. The van der Waals surface area contributed by atoms with Gasteiger partial charge in [-0.1, -0.05) is 18.2 Å². The van der Waals surface area contributed by atoms with Crippen molar-refractivity contribution >= 4 is 22.9 Å². The Bertz CT molecular complexity index is 1070. The van der Waals surface area contributed by atoms with Crippen molar-refractivity contribution in [1.29, 1.82) is 0 Å². The Kier molecular flexibility index (Phi) is 7.73. The number of oxazole rings is 1. The first-order chi connectivity index (χ1) is 16.1. The van der Waals surface area contributed by atoms with Crippen LogP contribution in [-0.4, -0.2) is 54.5 Å². The second kappa shape index (κ2) is 11.1. The Balaban J connectivity index is 1.29. The first-order valence-electron chi connectivity index (χ1n) is 11.7. The third-order valence-electron chi connectivity index (χ3n) is 6.02. The molecule has 1 N–H and O–H groups in total. The highest BCUT2D eigenvalue weighted by molar-refractivity contribution is 5.97. The van der Waals surface area contributed by atoms with Crippen LogP contribution in [0.4, 0.5) is 0 Å². The van der Waals surface area contributed by atoms with Crippen molar-refractivity contribution in [1.82, 2.24) is 15.2 Å². The number of aromatic nitrogens is 1. The molecule has 4 rings (SSSR count). The molecule has 1 aliphatic heterocycles. The number of fused-ring (bicyclic) bond motifs is 1. The van der Waals surface area contributed by atoms with Crippen LogP contribution in [0.3, 0.4) is 0 Å². The predicted molar refractivity (Wildman–Crippen MR) is 127 cm³/mol. The van der Waals surface area contributed by atoms with Crippen molar-refractivity contribution in [2.24, 2.45) is 5.92 Å². The molecule has 0 aliphatic carbocycles. The maximum Gasteiger partial charge on any atom is 0.253 e. The minimum atomic E-state index is -0.0000122. The maximum absolute atomic E-state index is 13.1. The van der Waals surface area contributed by atoms with Gasteiger partial charge in [-0.25, -0.2) is 4.98 Å². The van der Waals surface area contributed by atoms with E-state index in [9.17, 15) is 9.59 Å². The number of hydrogen-bond acceptors (Lipinski definition) is 5. The smallest absolute Gasteiger partial charge is 0.253 e. The van der Waals surface area contributed by atoms with E-state index in [4.69, 9.17) is 9.15 Å². The van der Waals surface area contributed by atoms with Crippen LogP contribution in [0, 0.1) is 5.92 Å². The largest absolute Gasteiger partial charge is 0.436 e. The summed E-state index contributed by atoms with van der Waals surface area (Å²) in [5.41, 5.74) is 2.86. The molecule has 3 aromatic rings. The normalized spacial score (nSPS) is 14.5. The molecule has 2 heterocycles. The highest BCUT2D eigenvalue weighted by Gasteiger charge is 2.25. The lowest BCUT2D eigenvalue weighted by Crippen LogP contribution is -2.39. The molecule has 1 saturated heterocycles. The van der Waals surface area contributed by atoms with E-state index in [1.807, 2.05) is 48.2 Å². The van der Waals surface area contributed by atoms with Crippen LogP contribution < -0.4 is 5.32 Å². The number of piperidine rings is 1. The summed E-state index contributed by atoms with van der Waals surface area (Å²) < 4.78 is 11.1. The van der Waals surface area contributed by atoms with E-state index in [1.54, 1.807) is 12.1 Å². The number of rotatable bonds is 9. The van der Waals surface area contributed by atoms with Crippen LogP contribution in [0.15, 0.2) is 52.9 Å². The second-order valence-electron chi connectivity index (χ2n) is 8.41. The summed E-state index contributed by atoms with van der Waals surface area (Å²) >= 11 is 0. The molecule has 0 bridgehead atoms. The Morgan fingerprint density at radius 3 is 2.70 bits per heavy atom. The van der Waals surface area contributed by atoms with Crippen molar-refractivity contribution < 1.29 is 18.7 Å². The topological polar surface area (TPSA) is 84.7 Å². The van der Waals surface area contributed by atoms with E-state index < -0.39 is 0 Å². The molecule has 2 amide bonds. The fourth-order valence-corrected chi connectivity index (χ4v) is 4.17. The van der Waals surface area contributed by atoms with Crippen LogP contribution in [0.25, 0.3) is 22.6 Å². The van der Waals surface area contributed by atoms with Crippen LogP contribution in [0.1, 0.15) is 43.0 Å². The molecular formula is C26H31N3O4. The average Bonchev–Trinajstić information content (AvgIpc) is 3.28. The lowest BCUT2D eigenvalue weighted by molar-refractivity contribution is -0.122. The molecule has 1 aliphatic rings. The highest BCUT2D eigenvalue weighted by atomic mass is 16.5. The number of likely N-dealkylation sites (tertiary alicyclic amines) is 1. The van der Waals surface area contributed by atoms with Gasteiger partial charge < -0.3 is 19.4 Å².